The van der Waals surface area contributed by atoms with E-state index in [4.69, 9.17) is 9.15 Å². The number of anilines is 1. The Bertz CT molecular complexity index is 992. The number of thiophene rings is 1. The molecule has 1 aliphatic rings. The molecule has 4 rings (SSSR count). The first-order valence-electron chi connectivity index (χ1n) is 7.94. The van der Waals surface area contributed by atoms with E-state index >= 15 is 0 Å². The number of rotatable bonds is 4. The summed E-state index contributed by atoms with van der Waals surface area (Å²) in [5.41, 5.74) is 0. The van der Waals surface area contributed by atoms with E-state index in [-0.39, 0.29) is 15.8 Å². The van der Waals surface area contributed by atoms with Gasteiger partial charge in [0, 0.05) is 17.6 Å². The first kappa shape index (κ1) is 17.7. The third kappa shape index (κ3) is 3.32. The molecule has 0 radical (unpaired) electrons. The van der Waals surface area contributed by atoms with Crippen molar-refractivity contribution in [2.24, 2.45) is 0 Å². The van der Waals surface area contributed by atoms with Crippen LogP contribution in [-0.2, 0) is 14.6 Å². The highest BCUT2D eigenvalue weighted by atomic mass is 79.9. The minimum Gasteiger partial charge on any atom is -0.418 e. The van der Waals surface area contributed by atoms with Crippen molar-refractivity contribution in [3.63, 3.8) is 0 Å². The fraction of sp³-hybridized carbons (Fsp3) is 0.235. The average molecular weight is 455 g/mol. The summed E-state index contributed by atoms with van der Waals surface area (Å²) in [4.78, 5) is 7.20. The van der Waals surface area contributed by atoms with Crippen molar-refractivity contribution in [3.05, 3.63) is 46.3 Å². The molecule has 0 atom stereocenters. The van der Waals surface area contributed by atoms with Gasteiger partial charge in [-0.3, -0.25) is 0 Å². The van der Waals surface area contributed by atoms with Crippen LogP contribution < -0.4 is 4.90 Å². The molecule has 1 aliphatic heterocycles. The largest absolute Gasteiger partial charge is 0.418 e. The van der Waals surface area contributed by atoms with Crippen molar-refractivity contribution in [1.82, 2.24) is 4.98 Å². The zero-order valence-corrected chi connectivity index (χ0v) is 16.8. The number of morpholine rings is 1. The lowest BCUT2D eigenvalue weighted by molar-refractivity contribution is 0.120. The van der Waals surface area contributed by atoms with Crippen molar-refractivity contribution in [2.45, 2.75) is 9.92 Å². The molecule has 2 aromatic heterocycles. The Kier molecular flexibility index (Phi) is 4.87. The highest BCUT2D eigenvalue weighted by molar-refractivity contribution is 9.10. The summed E-state index contributed by atoms with van der Waals surface area (Å²) in [7, 11) is -3.81. The third-order valence-corrected chi connectivity index (χ3v) is 7.04. The van der Waals surface area contributed by atoms with E-state index in [0.717, 1.165) is 9.35 Å². The van der Waals surface area contributed by atoms with Gasteiger partial charge in [-0.05, 0) is 35.7 Å². The molecule has 0 spiro atoms. The second-order valence-corrected chi connectivity index (χ2v) is 9.39. The van der Waals surface area contributed by atoms with Crippen LogP contribution in [0.1, 0.15) is 0 Å². The molecular formula is C17H15BrN2O4S2. The Morgan fingerprint density at radius 2 is 1.85 bits per heavy atom. The normalized spacial score (nSPS) is 15.3. The van der Waals surface area contributed by atoms with Crippen LogP contribution in [0.4, 0.5) is 5.88 Å². The summed E-state index contributed by atoms with van der Waals surface area (Å²) in [5.74, 6) is 0.594. The molecule has 3 heterocycles. The predicted octanol–water partition coefficient (Wildman–Crippen LogP) is 3.84. The SMILES string of the molecule is O=S(=O)(c1ccc(Br)cc1)c1nc(-c2cccs2)oc1N1CCOCC1. The van der Waals surface area contributed by atoms with Crippen LogP contribution in [0.25, 0.3) is 10.8 Å². The first-order valence-corrected chi connectivity index (χ1v) is 11.1. The van der Waals surface area contributed by atoms with Gasteiger partial charge in [-0.2, -0.15) is 4.98 Å². The minimum absolute atomic E-state index is 0.0508. The third-order valence-electron chi connectivity index (χ3n) is 3.99. The predicted molar refractivity (Wildman–Crippen MR) is 102 cm³/mol. The monoisotopic (exact) mass is 454 g/mol. The molecule has 26 heavy (non-hydrogen) atoms. The molecule has 0 saturated carbocycles. The van der Waals surface area contributed by atoms with E-state index in [1.165, 1.54) is 11.3 Å². The number of halogens is 1. The molecule has 0 amide bonds. The standard InChI is InChI=1S/C17H15BrN2O4S2/c18-12-3-5-13(6-4-12)26(21,22)16-17(20-7-9-23-10-8-20)24-15(19-16)14-2-1-11-25-14/h1-6,11H,7-10H2. The summed E-state index contributed by atoms with van der Waals surface area (Å²) in [5, 5.41) is 1.85. The average Bonchev–Trinajstić information content (AvgIpc) is 3.33. The van der Waals surface area contributed by atoms with Gasteiger partial charge in [0.2, 0.25) is 26.6 Å². The van der Waals surface area contributed by atoms with Crippen LogP contribution in [0.2, 0.25) is 0 Å². The summed E-state index contributed by atoms with van der Waals surface area (Å²) in [6.45, 7) is 2.16. The Morgan fingerprint density at radius 3 is 2.50 bits per heavy atom. The number of aromatic nitrogens is 1. The smallest absolute Gasteiger partial charge is 0.240 e. The number of ether oxygens (including phenoxy) is 1. The second-order valence-electron chi connectivity index (χ2n) is 5.66. The molecule has 0 bridgehead atoms. The Balaban J connectivity index is 1.84. The maximum Gasteiger partial charge on any atom is 0.240 e. The molecule has 9 heteroatoms. The van der Waals surface area contributed by atoms with Gasteiger partial charge in [0.1, 0.15) is 0 Å². The lowest BCUT2D eigenvalue weighted by atomic mass is 10.4. The molecule has 1 aromatic carbocycles. The van der Waals surface area contributed by atoms with Gasteiger partial charge < -0.3 is 14.1 Å². The van der Waals surface area contributed by atoms with E-state index in [9.17, 15) is 8.42 Å². The fourth-order valence-corrected chi connectivity index (χ4v) is 4.91. The molecule has 6 nitrogen and oxygen atoms in total. The van der Waals surface area contributed by atoms with Gasteiger partial charge in [-0.1, -0.05) is 22.0 Å². The summed E-state index contributed by atoms with van der Waals surface area (Å²) < 4.78 is 38.5. The molecule has 1 fully saturated rings. The number of oxazole rings is 1. The van der Waals surface area contributed by atoms with Crippen molar-refractivity contribution in [1.29, 1.82) is 0 Å². The van der Waals surface area contributed by atoms with Crippen LogP contribution in [0.3, 0.4) is 0 Å². The van der Waals surface area contributed by atoms with Crippen molar-refractivity contribution >= 4 is 43.0 Å². The van der Waals surface area contributed by atoms with Crippen molar-refractivity contribution in [3.8, 4) is 10.8 Å². The van der Waals surface area contributed by atoms with E-state index in [0.29, 0.717) is 32.2 Å². The van der Waals surface area contributed by atoms with Gasteiger partial charge in [0.15, 0.2) is 0 Å². The molecule has 0 N–H and O–H groups in total. The Hall–Kier alpha value is -1.68. The molecule has 1 saturated heterocycles. The van der Waals surface area contributed by atoms with E-state index in [2.05, 4.69) is 20.9 Å². The van der Waals surface area contributed by atoms with Crippen LogP contribution in [0.15, 0.2) is 60.6 Å². The van der Waals surface area contributed by atoms with Crippen molar-refractivity contribution < 1.29 is 17.6 Å². The van der Waals surface area contributed by atoms with Gasteiger partial charge in [0.25, 0.3) is 0 Å². The first-order chi connectivity index (χ1) is 12.6. The van der Waals surface area contributed by atoms with Gasteiger partial charge in [0.05, 0.1) is 23.0 Å². The topological polar surface area (TPSA) is 72.6 Å². The van der Waals surface area contributed by atoms with Crippen LogP contribution in [-0.4, -0.2) is 39.7 Å². The van der Waals surface area contributed by atoms with Crippen LogP contribution >= 0.6 is 27.3 Å². The van der Waals surface area contributed by atoms with Gasteiger partial charge in [-0.15, -0.1) is 11.3 Å². The number of sulfone groups is 1. The van der Waals surface area contributed by atoms with Crippen LogP contribution in [0.5, 0.6) is 0 Å². The molecule has 0 unspecified atom stereocenters. The van der Waals surface area contributed by atoms with E-state index < -0.39 is 9.84 Å². The van der Waals surface area contributed by atoms with E-state index in [1.807, 2.05) is 22.4 Å². The highest BCUT2D eigenvalue weighted by Gasteiger charge is 2.32. The maximum absolute atomic E-state index is 13.2. The van der Waals surface area contributed by atoms with Gasteiger partial charge >= 0.3 is 0 Å². The van der Waals surface area contributed by atoms with Crippen LogP contribution in [0, 0.1) is 0 Å². The minimum atomic E-state index is -3.81. The maximum atomic E-state index is 13.2. The number of nitrogens with zero attached hydrogens (tertiary/aromatic N) is 2. The highest BCUT2D eigenvalue weighted by Crippen LogP contribution is 2.36. The molecule has 136 valence electrons. The lowest BCUT2D eigenvalue weighted by Gasteiger charge is -2.26. The zero-order chi connectivity index (χ0) is 18.1. The molecular weight excluding hydrogens is 440 g/mol. The number of hydrogen-bond acceptors (Lipinski definition) is 7. The van der Waals surface area contributed by atoms with E-state index in [1.54, 1.807) is 24.3 Å². The summed E-state index contributed by atoms with van der Waals surface area (Å²) >= 11 is 4.78. The fourth-order valence-electron chi connectivity index (χ4n) is 2.67. The van der Waals surface area contributed by atoms with Crippen molar-refractivity contribution in [2.75, 3.05) is 31.2 Å². The summed E-state index contributed by atoms with van der Waals surface area (Å²) in [6, 6.07) is 10.2. The Labute approximate surface area is 163 Å². The number of benzene rings is 1. The Morgan fingerprint density at radius 1 is 1.12 bits per heavy atom. The van der Waals surface area contributed by atoms with Gasteiger partial charge in [-0.25, -0.2) is 8.42 Å². The molecule has 0 aliphatic carbocycles. The second kappa shape index (κ2) is 7.15. The quantitative estimate of drug-likeness (QED) is 0.596. The number of hydrogen-bond donors (Lipinski definition) is 0. The zero-order valence-electron chi connectivity index (χ0n) is 13.6. The summed E-state index contributed by atoms with van der Waals surface area (Å²) in [6.07, 6.45) is 0. The molecule has 3 aromatic rings. The lowest BCUT2D eigenvalue weighted by Crippen LogP contribution is -2.36.